The third-order valence-electron chi connectivity index (χ3n) is 2.88. The highest BCUT2D eigenvalue weighted by molar-refractivity contribution is 7.99. The van der Waals surface area contributed by atoms with Gasteiger partial charge in [0.15, 0.2) is 0 Å². The van der Waals surface area contributed by atoms with Crippen LogP contribution in [0.1, 0.15) is 17.4 Å². The summed E-state index contributed by atoms with van der Waals surface area (Å²) >= 11 is 1.86. The number of aliphatic carboxylic acids is 1. The van der Waals surface area contributed by atoms with Gasteiger partial charge in [-0.05, 0) is 12.1 Å². The van der Waals surface area contributed by atoms with Crippen LogP contribution in [-0.2, 0) is 11.3 Å². The molecule has 0 spiro atoms. The van der Waals surface area contributed by atoms with E-state index in [2.05, 4.69) is 6.92 Å². The molecule has 98 valence electrons. The number of carboxylic acids is 1. The monoisotopic (exact) mass is 268 g/mol. The number of hydrogen-bond donors (Lipinski definition) is 1. The van der Waals surface area contributed by atoms with Crippen molar-refractivity contribution in [1.29, 1.82) is 0 Å². The van der Waals surface area contributed by atoms with Gasteiger partial charge in [-0.2, -0.15) is 11.8 Å². The predicted molar refractivity (Wildman–Crippen MR) is 69.9 cm³/mol. The van der Waals surface area contributed by atoms with Crippen LogP contribution in [0.15, 0.2) is 18.3 Å². The highest BCUT2D eigenvalue weighted by Gasteiger charge is 2.24. The molecule has 2 heterocycles. The molecule has 1 N–H and O–H groups in total. The van der Waals surface area contributed by atoms with Crippen LogP contribution in [0.5, 0.6) is 0 Å². The first-order valence-electron chi connectivity index (χ1n) is 5.85. The Morgan fingerprint density at radius 3 is 3.00 bits per heavy atom. The van der Waals surface area contributed by atoms with E-state index in [1.165, 1.54) is 4.57 Å². The minimum Gasteiger partial charge on any atom is -0.480 e. The summed E-state index contributed by atoms with van der Waals surface area (Å²) in [5, 5.41) is 9.23. The van der Waals surface area contributed by atoms with Gasteiger partial charge >= 0.3 is 5.97 Å². The fourth-order valence-corrected chi connectivity index (χ4v) is 3.07. The van der Waals surface area contributed by atoms with Gasteiger partial charge < -0.3 is 14.6 Å². The third-order valence-corrected chi connectivity index (χ3v) is 4.02. The minimum absolute atomic E-state index is 0.0756. The first-order chi connectivity index (χ1) is 8.58. The zero-order valence-corrected chi connectivity index (χ0v) is 11.0. The fraction of sp³-hybridized carbons (Fsp3) is 0.500. The van der Waals surface area contributed by atoms with E-state index in [0.717, 1.165) is 18.8 Å². The fourth-order valence-electron chi connectivity index (χ4n) is 2.06. The number of carbonyl (C=O) groups excluding carboxylic acids is 1. The maximum atomic E-state index is 12.3. The van der Waals surface area contributed by atoms with Crippen molar-refractivity contribution in [1.82, 2.24) is 9.47 Å². The predicted octanol–water partition coefficient (Wildman–Crippen LogP) is 1.15. The summed E-state index contributed by atoms with van der Waals surface area (Å²) in [7, 11) is 0. The molecule has 0 aliphatic carbocycles. The normalized spacial score (nSPS) is 19.8. The SMILES string of the molecule is CC1CN(C(=O)c2cccn2CC(=O)O)CCS1. The van der Waals surface area contributed by atoms with Gasteiger partial charge in [-0.1, -0.05) is 6.92 Å². The summed E-state index contributed by atoms with van der Waals surface area (Å²) in [5.41, 5.74) is 0.455. The molecule has 0 saturated carbocycles. The van der Waals surface area contributed by atoms with Gasteiger partial charge in [-0.3, -0.25) is 9.59 Å². The van der Waals surface area contributed by atoms with Crippen LogP contribution in [0.2, 0.25) is 0 Å². The van der Waals surface area contributed by atoms with E-state index < -0.39 is 5.97 Å². The van der Waals surface area contributed by atoms with E-state index in [1.54, 1.807) is 23.2 Å². The molecule has 1 aliphatic heterocycles. The molecule has 1 aliphatic rings. The molecule has 6 heteroatoms. The van der Waals surface area contributed by atoms with Gasteiger partial charge in [-0.15, -0.1) is 0 Å². The van der Waals surface area contributed by atoms with Gasteiger partial charge in [0.2, 0.25) is 0 Å². The zero-order chi connectivity index (χ0) is 13.1. The molecule has 0 bridgehead atoms. The van der Waals surface area contributed by atoms with E-state index in [4.69, 9.17) is 5.11 Å². The van der Waals surface area contributed by atoms with Crippen molar-refractivity contribution in [2.75, 3.05) is 18.8 Å². The standard InChI is InChI=1S/C12H16N2O3S/c1-9-7-14(5-6-18-9)12(17)10-3-2-4-13(10)8-11(15)16/h2-4,9H,5-8H2,1H3,(H,15,16). The lowest BCUT2D eigenvalue weighted by molar-refractivity contribution is -0.137. The minimum atomic E-state index is -0.942. The maximum absolute atomic E-state index is 12.3. The van der Waals surface area contributed by atoms with Crippen LogP contribution in [0.25, 0.3) is 0 Å². The van der Waals surface area contributed by atoms with Crippen molar-refractivity contribution in [3.8, 4) is 0 Å². The molecule has 0 radical (unpaired) electrons. The molecular weight excluding hydrogens is 252 g/mol. The van der Waals surface area contributed by atoms with Crippen LogP contribution in [0.3, 0.4) is 0 Å². The third kappa shape index (κ3) is 2.87. The summed E-state index contributed by atoms with van der Waals surface area (Å²) in [6.07, 6.45) is 1.63. The van der Waals surface area contributed by atoms with Crippen molar-refractivity contribution in [2.24, 2.45) is 0 Å². The Kier molecular flexibility index (Phi) is 3.96. The van der Waals surface area contributed by atoms with Gasteiger partial charge in [0.1, 0.15) is 12.2 Å². The van der Waals surface area contributed by atoms with Gasteiger partial charge in [0.05, 0.1) is 0 Å². The van der Waals surface area contributed by atoms with Crippen LogP contribution in [0, 0.1) is 0 Å². The Balaban J connectivity index is 2.13. The molecule has 18 heavy (non-hydrogen) atoms. The van der Waals surface area contributed by atoms with E-state index in [-0.39, 0.29) is 12.5 Å². The molecule has 1 fully saturated rings. The highest BCUT2D eigenvalue weighted by Crippen LogP contribution is 2.19. The molecule has 1 atom stereocenters. The first-order valence-corrected chi connectivity index (χ1v) is 6.90. The topological polar surface area (TPSA) is 62.5 Å². The lowest BCUT2D eigenvalue weighted by atomic mass is 10.3. The number of carbonyl (C=O) groups is 2. The Hall–Kier alpha value is -1.43. The quantitative estimate of drug-likeness (QED) is 0.893. The van der Waals surface area contributed by atoms with Crippen LogP contribution in [0.4, 0.5) is 0 Å². The Morgan fingerprint density at radius 1 is 1.56 bits per heavy atom. The molecule has 2 rings (SSSR count). The first kappa shape index (κ1) is 13.0. The maximum Gasteiger partial charge on any atom is 0.323 e. The molecule has 1 aromatic rings. The number of thioether (sulfide) groups is 1. The number of nitrogens with zero attached hydrogens (tertiary/aromatic N) is 2. The summed E-state index contributed by atoms with van der Waals surface area (Å²) in [4.78, 5) is 24.8. The molecule has 5 nitrogen and oxygen atoms in total. The molecule has 1 unspecified atom stereocenters. The van der Waals surface area contributed by atoms with Crippen molar-refractivity contribution in [3.63, 3.8) is 0 Å². The van der Waals surface area contributed by atoms with Crippen molar-refractivity contribution in [3.05, 3.63) is 24.0 Å². The van der Waals surface area contributed by atoms with Crippen molar-refractivity contribution < 1.29 is 14.7 Å². The summed E-state index contributed by atoms with van der Waals surface area (Å²) in [5.74, 6) is -0.0803. The second kappa shape index (κ2) is 5.48. The Bertz CT molecular complexity index is 458. The number of rotatable bonds is 3. The number of aromatic nitrogens is 1. The van der Waals surface area contributed by atoms with E-state index in [9.17, 15) is 9.59 Å². The molecule has 1 aromatic heterocycles. The summed E-state index contributed by atoms with van der Waals surface area (Å²) < 4.78 is 1.48. The summed E-state index contributed by atoms with van der Waals surface area (Å²) in [6.45, 7) is 3.38. The molecule has 0 aromatic carbocycles. The second-order valence-corrected chi connectivity index (χ2v) is 5.89. The van der Waals surface area contributed by atoms with Crippen LogP contribution >= 0.6 is 11.8 Å². The Morgan fingerprint density at radius 2 is 2.33 bits per heavy atom. The number of carboxylic acid groups (broad SMARTS) is 1. The van der Waals surface area contributed by atoms with E-state index in [0.29, 0.717) is 10.9 Å². The second-order valence-electron chi connectivity index (χ2n) is 4.35. The molecule has 1 amide bonds. The lowest BCUT2D eigenvalue weighted by Gasteiger charge is -2.30. The largest absolute Gasteiger partial charge is 0.480 e. The van der Waals surface area contributed by atoms with Gasteiger partial charge in [-0.25, -0.2) is 0 Å². The number of amides is 1. The Labute approximate surface area is 110 Å². The highest BCUT2D eigenvalue weighted by atomic mass is 32.2. The zero-order valence-electron chi connectivity index (χ0n) is 10.2. The van der Waals surface area contributed by atoms with Crippen LogP contribution < -0.4 is 0 Å². The van der Waals surface area contributed by atoms with E-state index >= 15 is 0 Å². The average molecular weight is 268 g/mol. The lowest BCUT2D eigenvalue weighted by Crippen LogP contribution is -2.41. The van der Waals surface area contributed by atoms with Crippen molar-refractivity contribution >= 4 is 23.6 Å². The smallest absolute Gasteiger partial charge is 0.323 e. The summed E-state index contributed by atoms with van der Waals surface area (Å²) in [6, 6.07) is 3.38. The molecular formula is C12H16N2O3S. The van der Waals surface area contributed by atoms with Crippen LogP contribution in [-0.4, -0.2) is 50.5 Å². The van der Waals surface area contributed by atoms with Gasteiger partial charge in [0, 0.05) is 30.3 Å². The number of hydrogen-bond acceptors (Lipinski definition) is 3. The molecule has 1 saturated heterocycles. The average Bonchev–Trinajstić information content (AvgIpc) is 2.75. The van der Waals surface area contributed by atoms with Crippen molar-refractivity contribution in [2.45, 2.75) is 18.7 Å². The van der Waals surface area contributed by atoms with E-state index in [1.807, 2.05) is 11.8 Å². The van der Waals surface area contributed by atoms with Gasteiger partial charge in [0.25, 0.3) is 5.91 Å².